The standard InChI is InChI=1S/C16H20N2O2S/c1-11(2)18-15(19)14(21-16(18)20)9-12-7-8-17(10-12)13-5-3-4-6-13/h7-11,13H,3-6H2,1-2H3/b14-9+. The molecule has 2 heterocycles. The quantitative estimate of drug-likeness (QED) is 0.791. The number of hydrogen-bond acceptors (Lipinski definition) is 3. The highest BCUT2D eigenvalue weighted by Crippen LogP contribution is 2.34. The van der Waals surface area contributed by atoms with Crippen LogP contribution in [0.3, 0.4) is 0 Å². The van der Waals surface area contributed by atoms with Gasteiger partial charge in [0, 0.05) is 24.5 Å². The Labute approximate surface area is 129 Å². The predicted molar refractivity (Wildman–Crippen MR) is 84.9 cm³/mol. The molecule has 0 unspecified atom stereocenters. The maximum atomic E-state index is 12.2. The molecule has 1 aliphatic carbocycles. The van der Waals surface area contributed by atoms with Gasteiger partial charge in [0.15, 0.2) is 0 Å². The van der Waals surface area contributed by atoms with Crippen molar-refractivity contribution < 1.29 is 9.59 Å². The molecule has 0 radical (unpaired) electrons. The molecule has 1 saturated carbocycles. The second kappa shape index (κ2) is 5.72. The average molecular weight is 304 g/mol. The first-order valence-electron chi connectivity index (χ1n) is 7.51. The van der Waals surface area contributed by atoms with Crippen molar-refractivity contribution in [3.8, 4) is 0 Å². The van der Waals surface area contributed by atoms with E-state index in [9.17, 15) is 9.59 Å². The van der Waals surface area contributed by atoms with E-state index >= 15 is 0 Å². The van der Waals surface area contributed by atoms with Crippen LogP contribution in [0.1, 0.15) is 51.1 Å². The third-order valence-corrected chi connectivity index (χ3v) is 5.01. The summed E-state index contributed by atoms with van der Waals surface area (Å²) in [6.07, 6.45) is 11.1. The first-order valence-corrected chi connectivity index (χ1v) is 8.32. The summed E-state index contributed by atoms with van der Waals surface area (Å²) in [6.45, 7) is 3.71. The summed E-state index contributed by atoms with van der Waals surface area (Å²) < 4.78 is 2.24. The van der Waals surface area contributed by atoms with Gasteiger partial charge in [-0.05, 0) is 56.2 Å². The second-order valence-corrected chi connectivity index (χ2v) is 6.97. The molecule has 2 aliphatic rings. The number of aromatic nitrogens is 1. The van der Waals surface area contributed by atoms with Crippen LogP contribution in [0.25, 0.3) is 6.08 Å². The monoisotopic (exact) mass is 304 g/mol. The molecule has 0 spiro atoms. The van der Waals surface area contributed by atoms with Gasteiger partial charge in [0.25, 0.3) is 11.1 Å². The minimum absolute atomic E-state index is 0.0912. The zero-order valence-electron chi connectivity index (χ0n) is 12.4. The Balaban J connectivity index is 1.79. The molecule has 21 heavy (non-hydrogen) atoms. The van der Waals surface area contributed by atoms with Gasteiger partial charge in [-0.15, -0.1) is 0 Å². The van der Waals surface area contributed by atoms with Gasteiger partial charge in [-0.25, -0.2) is 0 Å². The van der Waals surface area contributed by atoms with E-state index in [0.29, 0.717) is 10.9 Å². The fourth-order valence-corrected chi connectivity index (χ4v) is 3.98. The van der Waals surface area contributed by atoms with Crippen molar-refractivity contribution in [2.45, 2.75) is 51.6 Å². The molecule has 4 nitrogen and oxygen atoms in total. The van der Waals surface area contributed by atoms with E-state index < -0.39 is 0 Å². The highest BCUT2D eigenvalue weighted by Gasteiger charge is 2.36. The molecule has 3 rings (SSSR count). The fraction of sp³-hybridized carbons (Fsp3) is 0.500. The van der Waals surface area contributed by atoms with Gasteiger partial charge in [-0.3, -0.25) is 14.5 Å². The molecule has 1 aliphatic heterocycles. The summed E-state index contributed by atoms with van der Waals surface area (Å²) in [5.41, 5.74) is 0.996. The zero-order valence-corrected chi connectivity index (χ0v) is 13.2. The largest absolute Gasteiger partial charge is 0.351 e. The van der Waals surface area contributed by atoms with Gasteiger partial charge < -0.3 is 4.57 Å². The Morgan fingerprint density at radius 1 is 1.29 bits per heavy atom. The van der Waals surface area contributed by atoms with E-state index in [-0.39, 0.29) is 17.2 Å². The second-order valence-electron chi connectivity index (χ2n) is 5.98. The Hall–Kier alpha value is -1.49. The van der Waals surface area contributed by atoms with Gasteiger partial charge in [0.2, 0.25) is 0 Å². The summed E-state index contributed by atoms with van der Waals surface area (Å²) in [5, 5.41) is -0.170. The summed E-state index contributed by atoms with van der Waals surface area (Å²) in [6, 6.07) is 2.52. The third kappa shape index (κ3) is 2.79. The zero-order chi connectivity index (χ0) is 15.0. The van der Waals surface area contributed by atoms with Crippen LogP contribution in [-0.2, 0) is 4.79 Å². The van der Waals surface area contributed by atoms with Gasteiger partial charge in [-0.1, -0.05) is 12.8 Å². The molecule has 0 N–H and O–H groups in total. The number of rotatable bonds is 3. The molecule has 2 fully saturated rings. The summed E-state index contributed by atoms with van der Waals surface area (Å²) >= 11 is 1.04. The number of thioether (sulfide) groups is 1. The Bertz CT molecular complexity index is 597. The lowest BCUT2D eigenvalue weighted by Crippen LogP contribution is -2.34. The Morgan fingerprint density at radius 3 is 2.62 bits per heavy atom. The average Bonchev–Trinajstić information content (AvgIpc) is 3.11. The van der Waals surface area contributed by atoms with Crippen LogP contribution in [0.5, 0.6) is 0 Å². The number of imide groups is 1. The van der Waals surface area contributed by atoms with E-state index in [1.807, 2.05) is 26.0 Å². The molecule has 0 aromatic carbocycles. The van der Waals surface area contributed by atoms with Crippen LogP contribution in [0, 0.1) is 0 Å². The van der Waals surface area contributed by atoms with Crippen molar-refractivity contribution in [3.05, 3.63) is 28.9 Å². The van der Waals surface area contributed by atoms with E-state index in [2.05, 4.69) is 17.0 Å². The SMILES string of the molecule is CC(C)N1C(=O)S/C(=C/c2ccn(C3CCCC3)c2)C1=O. The fourth-order valence-electron chi connectivity index (χ4n) is 3.02. The smallest absolute Gasteiger partial charge is 0.293 e. The third-order valence-electron chi connectivity index (χ3n) is 4.12. The summed E-state index contributed by atoms with van der Waals surface area (Å²) in [4.78, 5) is 25.9. The minimum Gasteiger partial charge on any atom is -0.351 e. The van der Waals surface area contributed by atoms with Crippen LogP contribution in [-0.4, -0.2) is 26.7 Å². The van der Waals surface area contributed by atoms with Crippen LogP contribution in [0.15, 0.2) is 23.4 Å². The van der Waals surface area contributed by atoms with Crippen LogP contribution < -0.4 is 0 Å². The number of carbonyl (C=O) groups is 2. The molecular weight excluding hydrogens is 284 g/mol. The van der Waals surface area contributed by atoms with Crippen molar-refractivity contribution in [2.24, 2.45) is 0 Å². The number of hydrogen-bond donors (Lipinski definition) is 0. The van der Waals surface area contributed by atoms with E-state index in [1.165, 1.54) is 30.6 Å². The van der Waals surface area contributed by atoms with Gasteiger partial charge >= 0.3 is 0 Å². The number of nitrogens with zero attached hydrogens (tertiary/aromatic N) is 2. The predicted octanol–water partition coefficient (Wildman–Crippen LogP) is 4.05. The first-order chi connectivity index (χ1) is 10.1. The highest BCUT2D eigenvalue weighted by molar-refractivity contribution is 8.18. The van der Waals surface area contributed by atoms with Crippen molar-refractivity contribution in [2.75, 3.05) is 0 Å². The van der Waals surface area contributed by atoms with Crippen LogP contribution in [0.4, 0.5) is 4.79 Å². The van der Waals surface area contributed by atoms with Crippen molar-refractivity contribution in [3.63, 3.8) is 0 Å². The maximum Gasteiger partial charge on any atom is 0.293 e. The van der Waals surface area contributed by atoms with Gasteiger partial charge in [-0.2, -0.15) is 0 Å². The van der Waals surface area contributed by atoms with Crippen molar-refractivity contribution in [1.82, 2.24) is 9.47 Å². The van der Waals surface area contributed by atoms with Gasteiger partial charge in [0.1, 0.15) is 0 Å². The normalized spacial score (nSPS) is 22.2. The van der Waals surface area contributed by atoms with Gasteiger partial charge in [0.05, 0.1) is 4.91 Å². The number of carbonyl (C=O) groups excluding carboxylic acids is 2. The lowest BCUT2D eigenvalue weighted by molar-refractivity contribution is -0.123. The molecule has 1 aromatic rings. The van der Waals surface area contributed by atoms with Crippen molar-refractivity contribution in [1.29, 1.82) is 0 Å². The number of amides is 2. The summed E-state index contributed by atoms with van der Waals surface area (Å²) in [5.74, 6) is -0.173. The molecule has 1 saturated heterocycles. The Kier molecular flexibility index (Phi) is 3.93. The van der Waals surface area contributed by atoms with Crippen LogP contribution >= 0.6 is 11.8 Å². The molecular formula is C16H20N2O2S. The molecule has 0 bridgehead atoms. The Morgan fingerprint density at radius 2 is 2.00 bits per heavy atom. The van der Waals surface area contributed by atoms with Crippen LogP contribution in [0.2, 0.25) is 0 Å². The first kappa shape index (κ1) is 14.4. The molecule has 5 heteroatoms. The molecule has 0 atom stereocenters. The summed E-state index contributed by atoms with van der Waals surface area (Å²) in [7, 11) is 0. The topological polar surface area (TPSA) is 42.3 Å². The maximum absolute atomic E-state index is 12.2. The van der Waals surface area contributed by atoms with E-state index in [4.69, 9.17) is 0 Å². The van der Waals surface area contributed by atoms with E-state index in [1.54, 1.807) is 0 Å². The molecule has 1 aromatic heterocycles. The lowest BCUT2D eigenvalue weighted by Gasteiger charge is -2.16. The highest BCUT2D eigenvalue weighted by atomic mass is 32.2. The lowest BCUT2D eigenvalue weighted by atomic mass is 10.2. The molecule has 112 valence electrons. The minimum atomic E-state index is -0.173. The molecule has 2 amide bonds. The van der Waals surface area contributed by atoms with E-state index in [0.717, 1.165) is 17.3 Å². The van der Waals surface area contributed by atoms with Crippen molar-refractivity contribution >= 4 is 29.0 Å².